The smallest absolute Gasteiger partial charge is 0.212 e. The van der Waals surface area contributed by atoms with Gasteiger partial charge >= 0.3 is 0 Å². The number of nitrogens with zero attached hydrogens (tertiary/aromatic N) is 2. The van der Waals surface area contributed by atoms with Gasteiger partial charge in [0.1, 0.15) is 17.6 Å². The van der Waals surface area contributed by atoms with Gasteiger partial charge in [0.2, 0.25) is 6.41 Å². The van der Waals surface area contributed by atoms with Crippen LogP contribution in [0.3, 0.4) is 0 Å². The molecule has 2 rings (SSSR count). The maximum absolute atomic E-state index is 10.3. The van der Waals surface area contributed by atoms with E-state index in [1.807, 2.05) is 6.07 Å². The first kappa shape index (κ1) is 11.6. The lowest BCUT2D eigenvalue weighted by Gasteiger charge is -2.05. The largest absolute Gasteiger partial charge is 0.507 e. The maximum Gasteiger partial charge on any atom is 0.212 e. The quantitative estimate of drug-likeness (QED) is 0.801. The summed E-state index contributed by atoms with van der Waals surface area (Å²) in [6.07, 6.45) is 2.10. The number of hydrogen-bond acceptors (Lipinski definition) is 4. The molecule has 0 atom stereocenters. The second kappa shape index (κ2) is 4.97. The van der Waals surface area contributed by atoms with Crippen LogP contribution in [0, 0.1) is 11.3 Å². The van der Waals surface area contributed by atoms with Crippen LogP contribution in [0.25, 0.3) is 11.1 Å². The fourth-order valence-corrected chi connectivity index (χ4v) is 1.55. The Hall–Kier alpha value is -2.87. The van der Waals surface area contributed by atoms with E-state index in [1.165, 1.54) is 6.07 Å². The van der Waals surface area contributed by atoms with Gasteiger partial charge < -0.3 is 10.4 Å². The van der Waals surface area contributed by atoms with Gasteiger partial charge in [0.25, 0.3) is 0 Å². The van der Waals surface area contributed by atoms with E-state index in [0.717, 1.165) is 11.1 Å². The number of anilines is 1. The van der Waals surface area contributed by atoms with Crippen LogP contribution in [0.5, 0.6) is 5.75 Å². The van der Waals surface area contributed by atoms with E-state index in [4.69, 9.17) is 5.26 Å². The molecular weight excluding hydrogens is 230 g/mol. The highest BCUT2D eigenvalue weighted by Gasteiger charge is 2.04. The second-order valence-corrected chi connectivity index (χ2v) is 3.54. The third kappa shape index (κ3) is 2.28. The van der Waals surface area contributed by atoms with Crippen LogP contribution in [0.15, 0.2) is 36.5 Å². The van der Waals surface area contributed by atoms with E-state index in [1.54, 1.807) is 30.5 Å². The summed E-state index contributed by atoms with van der Waals surface area (Å²) in [5.74, 6) is 0.371. The van der Waals surface area contributed by atoms with Crippen molar-refractivity contribution >= 4 is 12.2 Å². The molecule has 0 spiro atoms. The highest BCUT2D eigenvalue weighted by molar-refractivity contribution is 5.74. The Morgan fingerprint density at radius 2 is 2.06 bits per heavy atom. The van der Waals surface area contributed by atoms with Crippen molar-refractivity contribution in [3.8, 4) is 22.9 Å². The lowest BCUT2D eigenvalue weighted by atomic mass is 10.0. The van der Waals surface area contributed by atoms with Gasteiger partial charge in [-0.25, -0.2) is 4.98 Å². The summed E-state index contributed by atoms with van der Waals surface area (Å²) in [6, 6.07) is 10.1. The highest BCUT2D eigenvalue weighted by Crippen LogP contribution is 2.26. The zero-order valence-corrected chi connectivity index (χ0v) is 9.29. The van der Waals surface area contributed by atoms with Gasteiger partial charge in [0, 0.05) is 6.20 Å². The average molecular weight is 239 g/mol. The lowest BCUT2D eigenvalue weighted by Crippen LogP contribution is -1.96. The van der Waals surface area contributed by atoms with Crippen LogP contribution in [0.4, 0.5) is 5.82 Å². The molecule has 18 heavy (non-hydrogen) atoms. The summed E-state index contributed by atoms with van der Waals surface area (Å²) in [6.45, 7) is 0. The molecule has 1 aromatic heterocycles. The highest BCUT2D eigenvalue weighted by atomic mass is 16.3. The molecule has 1 aromatic carbocycles. The van der Waals surface area contributed by atoms with Gasteiger partial charge in [0.15, 0.2) is 0 Å². The number of amides is 1. The third-order valence-electron chi connectivity index (χ3n) is 2.42. The first-order valence-corrected chi connectivity index (χ1v) is 5.14. The van der Waals surface area contributed by atoms with Crippen molar-refractivity contribution in [3.05, 3.63) is 42.1 Å². The molecule has 0 aliphatic rings. The van der Waals surface area contributed by atoms with Crippen LogP contribution in [0.2, 0.25) is 0 Å². The number of carbonyl (C=O) groups is 1. The van der Waals surface area contributed by atoms with Crippen molar-refractivity contribution in [2.75, 3.05) is 5.32 Å². The maximum atomic E-state index is 10.3. The van der Waals surface area contributed by atoms with Crippen molar-refractivity contribution < 1.29 is 9.90 Å². The van der Waals surface area contributed by atoms with Crippen molar-refractivity contribution in [2.45, 2.75) is 0 Å². The summed E-state index contributed by atoms with van der Waals surface area (Å²) in [4.78, 5) is 14.3. The molecule has 0 bridgehead atoms. The molecule has 1 amide bonds. The Balaban J connectivity index is 2.45. The number of hydrogen-bond donors (Lipinski definition) is 2. The van der Waals surface area contributed by atoms with E-state index < -0.39 is 0 Å². The van der Waals surface area contributed by atoms with Crippen molar-refractivity contribution in [3.63, 3.8) is 0 Å². The van der Waals surface area contributed by atoms with Crippen molar-refractivity contribution in [1.82, 2.24) is 4.98 Å². The number of nitrogens with one attached hydrogen (secondary N) is 1. The lowest BCUT2D eigenvalue weighted by molar-refractivity contribution is -0.105. The number of benzene rings is 1. The molecule has 5 heteroatoms. The number of phenols is 1. The SMILES string of the molecule is N#Cc1cc(-c2ccnc(NC=O)c2)ccc1O. The predicted molar refractivity (Wildman–Crippen MR) is 65.7 cm³/mol. The molecule has 0 fully saturated rings. The van der Waals surface area contributed by atoms with Gasteiger partial charge in [-0.3, -0.25) is 4.79 Å². The van der Waals surface area contributed by atoms with Crippen LogP contribution in [0.1, 0.15) is 5.56 Å². The van der Waals surface area contributed by atoms with Crippen LogP contribution in [-0.4, -0.2) is 16.5 Å². The Morgan fingerprint density at radius 3 is 2.78 bits per heavy atom. The standard InChI is InChI=1S/C13H9N3O2/c14-7-11-5-9(1-2-12(11)18)10-3-4-15-13(6-10)16-8-17/h1-6,8,18H,(H,15,16,17). The predicted octanol–water partition coefficient (Wildman–Crippen LogP) is 1.89. The number of phenolic OH excluding ortho intramolecular Hbond substituents is 1. The molecule has 5 nitrogen and oxygen atoms in total. The average Bonchev–Trinajstić information content (AvgIpc) is 2.40. The van der Waals surface area contributed by atoms with E-state index in [0.29, 0.717) is 12.2 Å². The number of rotatable bonds is 3. The first-order chi connectivity index (χ1) is 8.74. The minimum atomic E-state index is -0.0541. The molecule has 0 radical (unpaired) electrons. The number of nitriles is 1. The van der Waals surface area contributed by atoms with Crippen molar-refractivity contribution in [1.29, 1.82) is 5.26 Å². The molecular formula is C13H9N3O2. The molecule has 1 heterocycles. The second-order valence-electron chi connectivity index (χ2n) is 3.54. The van der Waals surface area contributed by atoms with Gasteiger partial charge in [-0.05, 0) is 35.4 Å². The topological polar surface area (TPSA) is 86.0 Å². The first-order valence-electron chi connectivity index (χ1n) is 5.14. The van der Waals surface area contributed by atoms with E-state index in [2.05, 4.69) is 10.3 Å². The Bertz CT molecular complexity index is 632. The summed E-state index contributed by atoms with van der Waals surface area (Å²) >= 11 is 0. The minimum absolute atomic E-state index is 0.0541. The summed E-state index contributed by atoms with van der Waals surface area (Å²) < 4.78 is 0. The Morgan fingerprint density at radius 1 is 1.28 bits per heavy atom. The van der Waals surface area contributed by atoms with Gasteiger partial charge in [-0.1, -0.05) is 6.07 Å². The van der Waals surface area contributed by atoms with E-state index in [9.17, 15) is 9.90 Å². The van der Waals surface area contributed by atoms with E-state index in [-0.39, 0.29) is 11.3 Å². The molecule has 0 unspecified atom stereocenters. The van der Waals surface area contributed by atoms with Crippen LogP contribution >= 0.6 is 0 Å². The molecule has 0 saturated heterocycles. The zero-order valence-electron chi connectivity index (χ0n) is 9.29. The van der Waals surface area contributed by atoms with Gasteiger partial charge in [-0.15, -0.1) is 0 Å². The fraction of sp³-hybridized carbons (Fsp3) is 0. The number of aromatic nitrogens is 1. The molecule has 0 aliphatic heterocycles. The zero-order chi connectivity index (χ0) is 13.0. The molecule has 2 N–H and O–H groups in total. The van der Waals surface area contributed by atoms with Crippen LogP contribution in [-0.2, 0) is 4.79 Å². The minimum Gasteiger partial charge on any atom is -0.507 e. The molecule has 88 valence electrons. The summed E-state index contributed by atoms with van der Waals surface area (Å²) in [7, 11) is 0. The third-order valence-corrected chi connectivity index (χ3v) is 2.42. The van der Waals surface area contributed by atoms with E-state index >= 15 is 0 Å². The molecule has 0 saturated carbocycles. The number of carbonyl (C=O) groups excluding carboxylic acids is 1. The van der Waals surface area contributed by atoms with Gasteiger partial charge in [-0.2, -0.15) is 5.26 Å². The summed E-state index contributed by atoms with van der Waals surface area (Å²) in [5.41, 5.74) is 1.76. The van der Waals surface area contributed by atoms with Gasteiger partial charge in [0.05, 0.1) is 5.56 Å². The van der Waals surface area contributed by atoms with Crippen molar-refractivity contribution in [2.24, 2.45) is 0 Å². The Labute approximate surface area is 103 Å². The normalized spacial score (nSPS) is 9.50. The molecule has 2 aromatic rings. The number of pyridine rings is 1. The monoisotopic (exact) mass is 239 g/mol. The Kier molecular flexibility index (Phi) is 3.21. The molecule has 0 aliphatic carbocycles. The van der Waals surface area contributed by atoms with Crippen LogP contribution < -0.4 is 5.32 Å². The number of aromatic hydroxyl groups is 1. The summed E-state index contributed by atoms with van der Waals surface area (Å²) in [5, 5.41) is 20.7. The fourth-order valence-electron chi connectivity index (χ4n) is 1.55.